The van der Waals surface area contributed by atoms with Gasteiger partial charge in [-0.05, 0) is 74.3 Å². The normalized spacial score (nSPS) is 26.1. The van der Waals surface area contributed by atoms with Crippen molar-refractivity contribution in [1.29, 1.82) is 0 Å². The second-order valence-corrected chi connectivity index (χ2v) is 12.0. The van der Waals surface area contributed by atoms with Crippen LogP contribution in [0.1, 0.15) is 94.5 Å². The molecule has 1 N–H and O–H groups in total. The van der Waals surface area contributed by atoms with Crippen LogP contribution in [-0.4, -0.2) is 53.7 Å². The molecule has 7 nitrogen and oxygen atoms in total. The third kappa shape index (κ3) is 6.10. The molecule has 3 fully saturated rings. The monoisotopic (exact) mass is 517 g/mol. The van der Waals surface area contributed by atoms with E-state index in [-0.39, 0.29) is 47.2 Å². The van der Waals surface area contributed by atoms with Gasteiger partial charge >= 0.3 is 12.1 Å². The van der Waals surface area contributed by atoms with Gasteiger partial charge in [0, 0.05) is 24.6 Å². The summed E-state index contributed by atoms with van der Waals surface area (Å²) in [5, 5.41) is 9.62. The van der Waals surface area contributed by atoms with Crippen molar-refractivity contribution in [1.82, 2.24) is 4.90 Å². The van der Waals surface area contributed by atoms with E-state index in [1.54, 1.807) is 13.0 Å². The Kier molecular flexibility index (Phi) is 8.14. The first-order valence-corrected chi connectivity index (χ1v) is 13.7. The predicted molar refractivity (Wildman–Crippen MR) is 136 cm³/mol. The minimum Gasteiger partial charge on any atom is -0.493 e. The molecule has 8 heteroatoms. The third-order valence-electron chi connectivity index (χ3n) is 8.26. The number of hydrogen-bond acceptors (Lipinski definition) is 5. The van der Waals surface area contributed by atoms with E-state index in [1.807, 2.05) is 20.8 Å². The SMILES string of the molecule is CCOC(=O)C1CCCC1C(=O)c1cc(C2CC2)c(OCC2CCN(C(=O)O)C(C(C)(C)C)C2)cc1F. The predicted octanol–water partition coefficient (Wildman–Crippen LogP) is 6.05. The maximum absolute atomic E-state index is 15.3. The number of benzene rings is 1. The molecule has 1 saturated heterocycles. The number of carbonyl (C=O) groups is 3. The standard InChI is InChI=1S/C29H40FNO6/c1-5-36-27(33)20-8-6-7-19(20)26(32)22-14-21(18-9-10-18)24(15-23(22)30)37-16-17-11-12-31(28(34)35)25(13-17)29(2,3)4/h14-15,17-20,25H,5-13,16H2,1-4H3,(H,34,35). The van der Waals surface area contributed by atoms with Crippen molar-refractivity contribution < 1.29 is 33.4 Å². The molecule has 4 rings (SSSR count). The average molecular weight is 518 g/mol. The van der Waals surface area contributed by atoms with Crippen LogP contribution in [0.2, 0.25) is 0 Å². The highest BCUT2D eigenvalue weighted by molar-refractivity contribution is 6.01. The van der Waals surface area contributed by atoms with E-state index in [0.29, 0.717) is 44.6 Å². The lowest BCUT2D eigenvalue weighted by molar-refractivity contribution is -0.148. The van der Waals surface area contributed by atoms with Crippen LogP contribution in [0.3, 0.4) is 0 Å². The molecule has 37 heavy (non-hydrogen) atoms. The fourth-order valence-corrected chi connectivity index (χ4v) is 6.05. The number of carbonyl (C=O) groups excluding carboxylic acids is 2. The van der Waals surface area contributed by atoms with Crippen LogP contribution in [0, 0.1) is 29.0 Å². The summed E-state index contributed by atoms with van der Waals surface area (Å²) in [5.41, 5.74) is 0.690. The number of likely N-dealkylation sites (tertiary alicyclic amines) is 1. The molecule has 3 aliphatic rings. The number of amides is 1. The first-order valence-electron chi connectivity index (χ1n) is 13.7. The Balaban J connectivity index is 1.49. The zero-order valence-corrected chi connectivity index (χ0v) is 22.4. The summed E-state index contributed by atoms with van der Waals surface area (Å²) < 4.78 is 26.7. The molecule has 1 amide bonds. The number of piperidine rings is 1. The molecule has 0 spiro atoms. The van der Waals surface area contributed by atoms with Gasteiger partial charge in [-0.1, -0.05) is 27.2 Å². The molecule has 0 bridgehead atoms. The van der Waals surface area contributed by atoms with Crippen molar-refractivity contribution >= 4 is 17.8 Å². The summed E-state index contributed by atoms with van der Waals surface area (Å²) in [4.78, 5) is 39.0. The van der Waals surface area contributed by atoms with Crippen LogP contribution >= 0.6 is 0 Å². The molecule has 1 heterocycles. The van der Waals surface area contributed by atoms with Gasteiger partial charge in [-0.15, -0.1) is 0 Å². The second kappa shape index (κ2) is 11.0. The third-order valence-corrected chi connectivity index (χ3v) is 8.26. The van der Waals surface area contributed by atoms with Crippen LogP contribution in [0.4, 0.5) is 9.18 Å². The van der Waals surface area contributed by atoms with E-state index < -0.39 is 23.7 Å². The van der Waals surface area contributed by atoms with Gasteiger partial charge in [0.15, 0.2) is 5.78 Å². The number of halogens is 1. The number of rotatable bonds is 8. The van der Waals surface area contributed by atoms with Gasteiger partial charge in [-0.2, -0.15) is 0 Å². The van der Waals surface area contributed by atoms with Crippen LogP contribution in [-0.2, 0) is 9.53 Å². The minimum absolute atomic E-state index is 0.0398. The maximum atomic E-state index is 15.3. The number of Topliss-reactive ketones (excluding diaryl/α,β-unsaturated/α-hetero) is 1. The molecular formula is C29H40FNO6. The number of ketones is 1. The molecule has 0 aromatic heterocycles. The average Bonchev–Trinajstić information content (AvgIpc) is 3.56. The lowest BCUT2D eigenvalue weighted by Crippen LogP contribution is -2.52. The Hall–Kier alpha value is -2.64. The van der Waals surface area contributed by atoms with Crippen molar-refractivity contribution in [2.45, 2.75) is 84.6 Å². The molecule has 0 radical (unpaired) electrons. The summed E-state index contributed by atoms with van der Waals surface area (Å²) in [6.45, 7) is 8.96. The van der Waals surface area contributed by atoms with E-state index >= 15 is 4.39 Å². The molecular weight excluding hydrogens is 477 g/mol. The van der Waals surface area contributed by atoms with Crippen LogP contribution < -0.4 is 4.74 Å². The van der Waals surface area contributed by atoms with Crippen molar-refractivity contribution in [2.24, 2.45) is 23.2 Å². The molecule has 1 aromatic rings. The molecule has 2 aliphatic carbocycles. The number of hydrogen-bond donors (Lipinski definition) is 1. The fraction of sp³-hybridized carbons (Fsp3) is 0.690. The number of esters is 1. The van der Waals surface area contributed by atoms with Gasteiger partial charge < -0.3 is 19.5 Å². The van der Waals surface area contributed by atoms with Crippen LogP contribution in [0.15, 0.2) is 12.1 Å². The fourth-order valence-electron chi connectivity index (χ4n) is 6.05. The molecule has 2 saturated carbocycles. The quantitative estimate of drug-likeness (QED) is 0.333. The van der Waals surface area contributed by atoms with E-state index in [0.717, 1.165) is 24.8 Å². The maximum Gasteiger partial charge on any atom is 0.407 e. The Labute approximate surface area is 218 Å². The van der Waals surface area contributed by atoms with Gasteiger partial charge in [0.05, 0.1) is 24.7 Å². The molecule has 1 aliphatic heterocycles. The van der Waals surface area contributed by atoms with Crippen molar-refractivity contribution in [3.05, 3.63) is 29.1 Å². The summed E-state index contributed by atoms with van der Waals surface area (Å²) >= 11 is 0. The zero-order chi connectivity index (χ0) is 26.9. The molecule has 204 valence electrons. The molecule has 1 aromatic carbocycles. The summed E-state index contributed by atoms with van der Waals surface area (Å²) in [5.74, 6) is -1.52. The molecule has 4 atom stereocenters. The lowest BCUT2D eigenvalue weighted by atomic mass is 9.77. The van der Waals surface area contributed by atoms with Crippen molar-refractivity contribution in [3.8, 4) is 5.75 Å². The Morgan fingerprint density at radius 1 is 1.08 bits per heavy atom. The van der Waals surface area contributed by atoms with Crippen LogP contribution in [0.5, 0.6) is 5.75 Å². The molecule has 4 unspecified atom stereocenters. The van der Waals surface area contributed by atoms with Gasteiger partial charge in [-0.25, -0.2) is 9.18 Å². The van der Waals surface area contributed by atoms with Gasteiger partial charge in [0.25, 0.3) is 0 Å². The largest absolute Gasteiger partial charge is 0.493 e. The second-order valence-electron chi connectivity index (χ2n) is 12.0. The lowest BCUT2D eigenvalue weighted by Gasteiger charge is -2.44. The van der Waals surface area contributed by atoms with E-state index in [2.05, 4.69) is 0 Å². The zero-order valence-electron chi connectivity index (χ0n) is 22.4. The highest BCUT2D eigenvalue weighted by Gasteiger charge is 2.41. The topological polar surface area (TPSA) is 93.1 Å². The van der Waals surface area contributed by atoms with E-state index in [4.69, 9.17) is 9.47 Å². The summed E-state index contributed by atoms with van der Waals surface area (Å²) in [6.07, 6.45) is 4.30. The van der Waals surface area contributed by atoms with Crippen molar-refractivity contribution in [3.63, 3.8) is 0 Å². The van der Waals surface area contributed by atoms with E-state index in [9.17, 15) is 19.5 Å². The smallest absolute Gasteiger partial charge is 0.407 e. The minimum atomic E-state index is -0.898. The van der Waals surface area contributed by atoms with Crippen molar-refractivity contribution in [2.75, 3.05) is 19.8 Å². The highest BCUT2D eigenvalue weighted by Crippen LogP contribution is 2.46. The number of ether oxygens (including phenoxy) is 2. The Morgan fingerprint density at radius 2 is 1.78 bits per heavy atom. The highest BCUT2D eigenvalue weighted by atomic mass is 19.1. The first-order chi connectivity index (χ1) is 17.5. The summed E-state index contributed by atoms with van der Waals surface area (Å²) in [6, 6.07) is 2.87. The Bertz CT molecular complexity index is 1030. The number of carboxylic acid groups (broad SMARTS) is 1. The van der Waals surface area contributed by atoms with E-state index in [1.165, 1.54) is 11.0 Å². The van der Waals surface area contributed by atoms with Gasteiger partial charge in [0.2, 0.25) is 0 Å². The summed E-state index contributed by atoms with van der Waals surface area (Å²) in [7, 11) is 0. The Morgan fingerprint density at radius 3 is 2.41 bits per heavy atom. The van der Waals surface area contributed by atoms with Gasteiger partial charge in [0.1, 0.15) is 11.6 Å². The number of nitrogens with zero attached hydrogens (tertiary/aromatic N) is 1. The van der Waals surface area contributed by atoms with Gasteiger partial charge in [-0.3, -0.25) is 9.59 Å². The van der Waals surface area contributed by atoms with Crippen LogP contribution in [0.25, 0.3) is 0 Å². The first kappa shape index (κ1) is 27.4.